The molecule has 1 heteroatoms. The molecule has 0 rings (SSSR count). The van der Waals surface area contributed by atoms with Crippen LogP contribution in [-0.4, -0.2) is 24.5 Å². The van der Waals surface area contributed by atoms with Crippen LogP contribution in [0.25, 0.3) is 0 Å². The molecule has 0 aliphatic heterocycles. The molecule has 224 valence electrons. The molecular weight excluding hydrogens is 446 g/mol. The summed E-state index contributed by atoms with van der Waals surface area (Å²) in [5.41, 5.74) is 0. The Morgan fingerprint density at radius 1 is 0.324 bits per heavy atom. The molecule has 0 aromatic rings. The summed E-state index contributed by atoms with van der Waals surface area (Å²) >= 11 is 0. The lowest BCUT2D eigenvalue weighted by Gasteiger charge is -2.22. The molecule has 0 fully saturated rings. The van der Waals surface area contributed by atoms with Gasteiger partial charge in [-0.3, -0.25) is 0 Å². The zero-order valence-corrected chi connectivity index (χ0v) is 26.9. The Bertz CT molecular complexity index is 366. The van der Waals surface area contributed by atoms with Gasteiger partial charge in [0, 0.05) is 0 Å². The molecule has 0 bridgehead atoms. The lowest BCUT2D eigenvalue weighted by atomic mass is 10.0. The monoisotopic (exact) mass is 522 g/mol. The van der Waals surface area contributed by atoms with Crippen LogP contribution in [0.2, 0.25) is 0 Å². The van der Waals surface area contributed by atoms with Crippen LogP contribution in [0, 0.1) is 5.92 Å². The second-order valence-corrected chi connectivity index (χ2v) is 12.9. The molecule has 0 saturated carbocycles. The van der Waals surface area contributed by atoms with E-state index in [0.29, 0.717) is 0 Å². The van der Waals surface area contributed by atoms with Crippen molar-refractivity contribution in [2.24, 2.45) is 5.92 Å². The normalized spacial score (nSPS) is 11.8. The van der Waals surface area contributed by atoms with Gasteiger partial charge < -0.3 is 4.90 Å². The fraction of sp³-hybridized carbons (Fsp3) is 1.00. The van der Waals surface area contributed by atoms with Crippen molar-refractivity contribution >= 4 is 0 Å². The first-order valence-corrected chi connectivity index (χ1v) is 17.9. The van der Waals surface area contributed by atoms with Crippen LogP contribution in [0.4, 0.5) is 0 Å². The second kappa shape index (κ2) is 32.2. The number of hydrogen-bond donors (Lipinski definition) is 0. The van der Waals surface area contributed by atoms with Gasteiger partial charge in [-0.1, -0.05) is 188 Å². The summed E-state index contributed by atoms with van der Waals surface area (Å²) in [6, 6.07) is 0. The molecule has 1 nitrogen and oxygen atoms in total. The molecule has 0 aliphatic rings. The van der Waals surface area contributed by atoms with Crippen LogP contribution in [0.5, 0.6) is 0 Å². The third kappa shape index (κ3) is 32.1. The Hall–Kier alpha value is -0.0400. The van der Waals surface area contributed by atoms with Crippen molar-refractivity contribution in [3.8, 4) is 0 Å². The van der Waals surface area contributed by atoms with Crippen molar-refractivity contribution in [3.63, 3.8) is 0 Å². The van der Waals surface area contributed by atoms with Crippen molar-refractivity contribution in [2.45, 2.75) is 207 Å². The first-order chi connectivity index (χ1) is 18.2. The van der Waals surface area contributed by atoms with Gasteiger partial charge in [0.15, 0.2) is 0 Å². The molecule has 0 radical (unpaired) electrons. The lowest BCUT2D eigenvalue weighted by Crippen LogP contribution is -2.27. The maximum atomic E-state index is 2.85. The van der Waals surface area contributed by atoms with Gasteiger partial charge in [-0.15, -0.1) is 0 Å². The zero-order chi connectivity index (χ0) is 27.1. The first-order valence-electron chi connectivity index (χ1n) is 17.9. The van der Waals surface area contributed by atoms with Crippen molar-refractivity contribution < 1.29 is 0 Å². The van der Waals surface area contributed by atoms with Gasteiger partial charge in [-0.2, -0.15) is 0 Å². The molecule has 0 spiro atoms. The minimum atomic E-state index is 0.886. The van der Waals surface area contributed by atoms with Gasteiger partial charge in [0.2, 0.25) is 0 Å². The largest absolute Gasteiger partial charge is 0.303 e. The third-order valence-electron chi connectivity index (χ3n) is 8.41. The smallest absolute Gasteiger partial charge is 0.00187 e. The van der Waals surface area contributed by atoms with Gasteiger partial charge >= 0.3 is 0 Å². The predicted octanol–water partition coefficient (Wildman–Crippen LogP) is 12.9. The maximum absolute atomic E-state index is 2.85. The highest BCUT2D eigenvalue weighted by molar-refractivity contribution is 4.61. The maximum Gasteiger partial charge on any atom is -0.00187 e. The Morgan fingerprint density at radius 3 is 0.838 bits per heavy atom. The molecule has 0 heterocycles. The molecule has 0 saturated heterocycles. The Labute approximate surface area is 237 Å². The summed E-state index contributed by atoms with van der Waals surface area (Å²) in [5, 5.41) is 0. The second-order valence-electron chi connectivity index (χ2n) is 12.9. The number of nitrogens with zero attached hydrogens (tertiary/aromatic N) is 1. The summed E-state index contributed by atoms with van der Waals surface area (Å²) in [6.07, 6.45) is 40.7. The Morgan fingerprint density at radius 2 is 0.568 bits per heavy atom. The molecular formula is C36H75N. The van der Waals surface area contributed by atoms with Crippen molar-refractivity contribution in [1.82, 2.24) is 4.90 Å². The molecule has 0 aromatic carbocycles. The van der Waals surface area contributed by atoms with Crippen LogP contribution >= 0.6 is 0 Å². The van der Waals surface area contributed by atoms with E-state index >= 15 is 0 Å². The van der Waals surface area contributed by atoms with Gasteiger partial charge in [0.25, 0.3) is 0 Å². The fourth-order valence-electron chi connectivity index (χ4n) is 5.75. The van der Waals surface area contributed by atoms with Crippen molar-refractivity contribution in [1.29, 1.82) is 0 Å². The average Bonchev–Trinajstić information content (AvgIpc) is 2.89. The molecule has 0 atom stereocenters. The highest BCUT2D eigenvalue weighted by atomic mass is 15.1. The van der Waals surface area contributed by atoms with Gasteiger partial charge in [-0.05, 0) is 44.8 Å². The van der Waals surface area contributed by atoms with Crippen LogP contribution in [0.15, 0.2) is 0 Å². The van der Waals surface area contributed by atoms with E-state index in [1.165, 1.54) is 199 Å². The minimum absolute atomic E-state index is 0.886. The summed E-state index contributed by atoms with van der Waals surface area (Å²) in [6.45, 7) is 13.4. The van der Waals surface area contributed by atoms with Crippen LogP contribution in [0.3, 0.4) is 0 Å². The van der Waals surface area contributed by atoms with Crippen LogP contribution in [0.1, 0.15) is 207 Å². The van der Waals surface area contributed by atoms with E-state index < -0.39 is 0 Å². The van der Waals surface area contributed by atoms with E-state index in [0.717, 1.165) is 5.92 Å². The third-order valence-corrected chi connectivity index (χ3v) is 8.41. The Balaban J connectivity index is 3.89. The highest BCUT2D eigenvalue weighted by Crippen LogP contribution is 2.15. The first kappa shape index (κ1) is 37.0. The quantitative estimate of drug-likeness (QED) is 0.0795. The van der Waals surface area contributed by atoms with E-state index in [9.17, 15) is 0 Å². The fourth-order valence-corrected chi connectivity index (χ4v) is 5.75. The molecule has 0 aliphatic carbocycles. The van der Waals surface area contributed by atoms with E-state index in [4.69, 9.17) is 0 Å². The highest BCUT2D eigenvalue weighted by Gasteiger charge is 2.05. The predicted molar refractivity (Wildman–Crippen MR) is 172 cm³/mol. The summed E-state index contributed by atoms with van der Waals surface area (Å²) in [7, 11) is 0. The SMILES string of the molecule is CCCCCCCCCCCCN(CCCCCCCCCCCC)CCCCCCCCCC(C)C. The summed E-state index contributed by atoms with van der Waals surface area (Å²) in [5.74, 6) is 0.886. The average molecular weight is 522 g/mol. The molecule has 0 amide bonds. The number of rotatable bonds is 32. The molecule has 0 aromatic heterocycles. The van der Waals surface area contributed by atoms with E-state index in [1.54, 1.807) is 0 Å². The number of hydrogen-bond acceptors (Lipinski definition) is 1. The zero-order valence-electron chi connectivity index (χ0n) is 26.9. The lowest BCUT2D eigenvalue weighted by molar-refractivity contribution is 0.254. The molecule has 0 N–H and O–H groups in total. The summed E-state index contributed by atoms with van der Waals surface area (Å²) in [4.78, 5) is 2.85. The topological polar surface area (TPSA) is 3.24 Å². The standard InChI is InChI=1S/C36H75N/c1-5-7-9-11-13-15-17-21-25-29-33-37(34-30-26-22-18-16-14-12-10-8-6-2)35-31-27-23-19-20-24-28-32-36(3)4/h36H,5-35H2,1-4H3. The van der Waals surface area contributed by atoms with Gasteiger partial charge in [0.1, 0.15) is 0 Å². The van der Waals surface area contributed by atoms with Crippen LogP contribution in [-0.2, 0) is 0 Å². The van der Waals surface area contributed by atoms with Crippen LogP contribution < -0.4 is 0 Å². The van der Waals surface area contributed by atoms with Crippen molar-refractivity contribution in [2.75, 3.05) is 19.6 Å². The van der Waals surface area contributed by atoms with Crippen molar-refractivity contribution in [3.05, 3.63) is 0 Å². The summed E-state index contributed by atoms with van der Waals surface area (Å²) < 4.78 is 0. The Kier molecular flexibility index (Phi) is 32.1. The minimum Gasteiger partial charge on any atom is -0.303 e. The number of unbranched alkanes of at least 4 members (excludes halogenated alkanes) is 24. The molecule has 37 heavy (non-hydrogen) atoms. The van der Waals surface area contributed by atoms with Gasteiger partial charge in [0.05, 0.1) is 0 Å². The van der Waals surface area contributed by atoms with E-state index in [2.05, 4.69) is 32.6 Å². The van der Waals surface area contributed by atoms with Gasteiger partial charge in [-0.25, -0.2) is 0 Å². The molecule has 0 unspecified atom stereocenters. The van der Waals surface area contributed by atoms with E-state index in [1.807, 2.05) is 0 Å². The van der Waals surface area contributed by atoms with E-state index in [-0.39, 0.29) is 0 Å².